The molecule has 1 heterocycles. The number of nitrogens with zero attached hydrogens (tertiary/aromatic N) is 2. The molecule has 6 heteroatoms. The molecule has 3 aromatic carbocycles. The fourth-order valence-electron chi connectivity index (χ4n) is 3.49. The van der Waals surface area contributed by atoms with Gasteiger partial charge in [-0.1, -0.05) is 36.4 Å². The molecule has 0 unspecified atom stereocenters. The van der Waals surface area contributed by atoms with E-state index in [4.69, 9.17) is 0 Å². The topological polar surface area (TPSA) is 91.9 Å². The average Bonchev–Trinajstić information content (AvgIpc) is 2.76. The van der Waals surface area contributed by atoms with E-state index >= 15 is 0 Å². The van der Waals surface area contributed by atoms with Gasteiger partial charge in [-0.05, 0) is 55.3 Å². The van der Waals surface area contributed by atoms with Crippen molar-refractivity contribution >= 4 is 28.6 Å². The highest BCUT2D eigenvalue weighted by Crippen LogP contribution is 2.28. The Kier molecular flexibility index (Phi) is 5.13. The zero-order chi connectivity index (χ0) is 22.1. The van der Waals surface area contributed by atoms with Crippen LogP contribution < -0.4 is 5.56 Å². The van der Waals surface area contributed by atoms with Crippen LogP contribution in [-0.4, -0.2) is 27.0 Å². The number of benzene rings is 3. The van der Waals surface area contributed by atoms with Gasteiger partial charge in [0.15, 0.2) is 0 Å². The van der Waals surface area contributed by atoms with Gasteiger partial charge in [0.2, 0.25) is 5.88 Å². The Morgan fingerprint density at radius 2 is 1.61 bits per heavy atom. The number of carboxylic acids is 1. The number of hydrogen-bond donors (Lipinski definition) is 2. The molecule has 1 aromatic heterocycles. The fraction of sp³-hybridized carbons (Fsp3) is 0.0800. The summed E-state index contributed by atoms with van der Waals surface area (Å²) in [6.07, 6.45) is 1.40. The summed E-state index contributed by atoms with van der Waals surface area (Å²) in [6, 6.07) is 18.8. The van der Waals surface area contributed by atoms with Crippen molar-refractivity contribution in [2.45, 2.75) is 13.8 Å². The van der Waals surface area contributed by atoms with Crippen molar-refractivity contribution in [2.24, 2.45) is 4.99 Å². The predicted octanol–water partition coefficient (Wildman–Crippen LogP) is 4.76. The lowest BCUT2D eigenvalue weighted by molar-refractivity contribution is 0.0698. The number of aromatic carboxylic acids is 1. The average molecular weight is 412 g/mol. The highest BCUT2D eigenvalue weighted by molar-refractivity contribution is 6.03. The van der Waals surface area contributed by atoms with Crippen LogP contribution in [0.5, 0.6) is 5.88 Å². The van der Waals surface area contributed by atoms with E-state index in [-0.39, 0.29) is 22.7 Å². The number of carboxylic acid groups (broad SMARTS) is 1. The molecule has 0 saturated carbocycles. The molecule has 2 N–H and O–H groups in total. The summed E-state index contributed by atoms with van der Waals surface area (Å²) < 4.78 is 1.25. The second-order valence-electron chi connectivity index (χ2n) is 7.27. The first-order valence-corrected chi connectivity index (χ1v) is 9.69. The number of aromatic hydroxyl groups is 1. The van der Waals surface area contributed by atoms with Crippen LogP contribution in [0.15, 0.2) is 76.5 Å². The minimum Gasteiger partial charge on any atom is -0.494 e. The lowest BCUT2D eigenvalue weighted by Gasteiger charge is -2.15. The number of fused-ring (bicyclic) bond motifs is 1. The van der Waals surface area contributed by atoms with E-state index in [0.29, 0.717) is 22.0 Å². The molecule has 0 fully saturated rings. The molecule has 4 aromatic rings. The van der Waals surface area contributed by atoms with Gasteiger partial charge in [0.1, 0.15) is 0 Å². The van der Waals surface area contributed by atoms with Gasteiger partial charge in [-0.3, -0.25) is 9.79 Å². The van der Waals surface area contributed by atoms with E-state index in [1.165, 1.54) is 16.8 Å². The Labute approximate surface area is 178 Å². The Balaban J connectivity index is 1.99. The van der Waals surface area contributed by atoms with Gasteiger partial charge in [-0.2, -0.15) is 0 Å². The number of rotatable bonds is 4. The Bertz CT molecular complexity index is 1420. The number of para-hydroxylation sites is 1. The van der Waals surface area contributed by atoms with E-state index < -0.39 is 5.97 Å². The first-order valence-electron chi connectivity index (χ1n) is 9.69. The van der Waals surface area contributed by atoms with Crippen molar-refractivity contribution in [2.75, 3.05) is 0 Å². The fourth-order valence-corrected chi connectivity index (χ4v) is 3.49. The molecular formula is C25H20N2O4. The second-order valence-corrected chi connectivity index (χ2v) is 7.27. The highest BCUT2D eigenvalue weighted by atomic mass is 16.4. The molecule has 0 radical (unpaired) electrons. The lowest BCUT2D eigenvalue weighted by atomic mass is 10.1. The van der Waals surface area contributed by atoms with Crippen LogP contribution in [0.2, 0.25) is 0 Å². The van der Waals surface area contributed by atoms with Crippen molar-refractivity contribution in [3.8, 4) is 11.6 Å². The van der Waals surface area contributed by atoms with Crippen molar-refractivity contribution in [3.05, 3.63) is 99.3 Å². The van der Waals surface area contributed by atoms with Crippen LogP contribution >= 0.6 is 0 Å². The zero-order valence-electron chi connectivity index (χ0n) is 17.0. The molecule has 0 aliphatic rings. The summed E-state index contributed by atoms with van der Waals surface area (Å²) in [7, 11) is 0. The summed E-state index contributed by atoms with van der Waals surface area (Å²) in [6.45, 7) is 3.91. The number of hydrogen-bond acceptors (Lipinski definition) is 4. The van der Waals surface area contributed by atoms with E-state index in [0.717, 1.165) is 11.1 Å². The highest BCUT2D eigenvalue weighted by Gasteiger charge is 2.17. The number of carbonyl (C=O) groups is 1. The quantitative estimate of drug-likeness (QED) is 0.473. The van der Waals surface area contributed by atoms with Gasteiger partial charge in [-0.15, -0.1) is 0 Å². The van der Waals surface area contributed by atoms with Crippen molar-refractivity contribution < 1.29 is 15.0 Å². The van der Waals surface area contributed by atoms with Crippen LogP contribution in [-0.2, 0) is 0 Å². The molecule has 0 aliphatic heterocycles. The molecular weight excluding hydrogens is 392 g/mol. The number of aliphatic imine (C=N–C) groups is 1. The van der Waals surface area contributed by atoms with Gasteiger partial charge >= 0.3 is 5.97 Å². The van der Waals surface area contributed by atoms with Crippen molar-refractivity contribution in [1.29, 1.82) is 0 Å². The van der Waals surface area contributed by atoms with Gasteiger partial charge in [-0.25, -0.2) is 9.36 Å². The SMILES string of the molecule is Cc1ccc(-n2c(O)c(C=Nc3ccccc3C(=O)O)c3ccccc3c2=O)cc1C. The molecule has 0 amide bonds. The molecule has 0 saturated heterocycles. The Morgan fingerprint density at radius 3 is 2.32 bits per heavy atom. The molecule has 0 spiro atoms. The van der Waals surface area contributed by atoms with Crippen LogP contribution in [0, 0.1) is 13.8 Å². The third kappa shape index (κ3) is 3.59. The first kappa shape index (κ1) is 20.1. The smallest absolute Gasteiger partial charge is 0.337 e. The largest absolute Gasteiger partial charge is 0.494 e. The second kappa shape index (κ2) is 7.91. The Hall–Kier alpha value is -4.19. The summed E-state index contributed by atoms with van der Waals surface area (Å²) in [4.78, 5) is 29.0. The molecule has 154 valence electrons. The standard InChI is InChI=1S/C25H20N2O4/c1-15-11-12-17(13-16(15)2)27-23(28)19-8-4-3-7-18(19)21(24(27)29)14-26-22-10-6-5-9-20(22)25(30)31/h3-14,29H,1-2H3,(H,30,31). The molecule has 0 bridgehead atoms. The van der Waals surface area contributed by atoms with E-state index in [1.807, 2.05) is 26.0 Å². The predicted molar refractivity (Wildman–Crippen MR) is 121 cm³/mol. The van der Waals surface area contributed by atoms with E-state index in [1.54, 1.807) is 48.5 Å². The van der Waals surface area contributed by atoms with Gasteiger partial charge in [0, 0.05) is 17.0 Å². The third-order valence-corrected chi connectivity index (χ3v) is 5.32. The van der Waals surface area contributed by atoms with Crippen LogP contribution in [0.25, 0.3) is 16.5 Å². The summed E-state index contributed by atoms with van der Waals surface area (Å²) >= 11 is 0. The molecule has 31 heavy (non-hydrogen) atoms. The van der Waals surface area contributed by atoms with Gasteiger partial charge < -0.3 is 10.2 Å². The van der Waals surface area contributed by atoms with Crippen LogP contribution in [0.1, 0.15) is 27.0 Å². The molecule has 0 atom stereocenters. The minimum absolute atomic E-state index is 0.0463. The maximum absolute atomic E-state index is 13.2. The number of pyridine rings is 1. The third-order valence-electron chi connectivity index (χ3n) is 5.32. The monoisotopic (exact) mass is 412 g/mol. The number of aryl methyl sites for hydroxylation is 2. The van der Waals surface area contributed by atoms with Crippen LogP contribution in [0.3, 0.4) is 0 Å². The maximum Gasteiger partial charge on any atom is 0.337 e. The first-order chi connectivity index (χ1) is 14.9. The van der Waals surface area contributed by atoms with Crippen molar-refractivity contribution in [3.63, 3.8) is 0 Å². The normalized spacial score (nSPS) is 11.3. The Morgan fingerprint density at radius 1 is 0.935 bits per heavy atom. The lowest BCUT2D eigenvalue weighted by Crippen LogP contribution is -2.20. The van der Waals surface area contributed by atoms with E-state index in [9.17, 15) is 19.8 Å². The minimum atomic E-state index is -1.10. The molecule has 0 aliphatic carbocycles. The van der Waals surface area contributed by atoms with Gasteiger partial charge in [0.05, 0.1) is 22.5 Å². The molecule has 4 rings (SSSR count). The summed E-state index contributed by atoms with van der Waals surface area (Å²) in [5.74, 6) is -1.36. The van der Waals surface area contributed by atoms with Crippen LogP contribution in [0.4, 0.5) is 5.69 Å². The van der Waals surface area contributed by atoms with Crippen molar-refractivity contribution in [1.82, 2.24) is 4.57 Å². The van der Waals surface area contributed by atoms with Gasteiger partial charge in [0.25, 0.3) is 5.56 Å². The summed E-state index contributed by atoms with van der Waals surface area (Å²) in [5.41, 5.74) is 2.88. The number of aromatic nitrogens is 1. The maximum atomic E-state index is 13.2. The summed E-state index contributed by atoms with van der Waals surface area (Å²) in [5, 5.41) is 21.4. The zero-order valence-corrected chi connectivity index (χ0v) is 17.0. The van der Waals surface area contributed by atoms with E-state index in [2.05, 4.69) is 4.99 Å². The molecule has 6 nitrogen and oxygen atoms in total.